The highest BCUT2D eigenvalue weighted by molar-refractivity contribution is 5.89. The van der Waals surface area contributed by atoms with E-state index in [-0.39, 0.29) is 42.7 Å². The van der Waals surface area contributed by atoms with Crippen LogP contribution in [0.3, 0.4) is 0 Å². The molecule has 1 aliphatic carbocycles. The molecule has 1 heterocycles. The predicted octanol–water partition coefficient (Wildman–Crippen LogP) is 2.52. The second kappa shape index (κ2) is 8.30. The lowest BCUT2D eigenvalue weighted by atomic mass is 10.00. The van der Waals surface area contributed by atoms with Gasteiger partial charge in [-0.3, -0.25) is 4.79 Å². The van der Waals surface area contributed by atoms with Crippen molar-refractivity contribution in [3.05, 3.63) is 24.1 Å². The summed E-state index contributed by atoms with van der Waals surface area (Å²) in [4.78, 5) is 15.5. The van der Waals surface area contributed by atoms with Gasteiger partial charge < -0.3 is 11.1 Å². The van der Waals surface area contributed by atoms with Crippen LogP contribution in [0.1, 0.15) is 25.7 Å². The molecule has 0 aliphatic heterocycles. The van der Waals surface area contributed by atoms with E-state index in [4.69, 9.17) is 5.73 Å². The molecule has 0 radical (unpaired) electrons. The molecular formula is C12H18Cl2FN3O. The van der Waals surface area contributed by atoms with Gasteiger partial charge in [-0.2, -0.15) is 0 Å². The molecule has 108 valence electrons. The standard InChI is InChI=1S/C12H16FN3O.2ClH/c13-9-4-5-11(15-7-9)16-12(17)6-8-2-1-3-10(8)14;;/h4-5,7-8,10H,1-3,6,14H2,(H,15,16,17);2*1H/t8-,10+;;/m0../s1. The Labute approximate surface area is 124 Å². The molecule has 0 saturated heterocycles. The van der Waals surface area contributed by atoms with Crippen molar-refractivity contribution in [1.82, 2.24) is 4.98 Å². The number of carbonyl (C=O) groups is 1. The lowest BCUT2D eigenvalue weighted by molar-refractivity contribution is -0.117. The Bertz CT molecular complexity index is 402. The quantitative estimate of drug-likeness (QED) is 0.901. The van der Waals surface area contributed by atoms with Gasteiger partial charge in [0, 0.05) is 12.5 Å². The van der Waals surface area contributed by atoms with Crippen LogP contribution in [-0.2, 0) is 4.79 Å². The first kappa shape index (κ1) is 18.1. The van der Waals surface area contributed by atoms with E-state index >= 15 is 0 Å². The number of pyridine rings is 1. The van der Waals surface area contributed by atoms with Crippen molar-refractivity contribution in [3.8, 4) is 0 Å². The summed E-state index contributed by atoms with van der Waals surface area (Å²) in [7, 11) is 0. The van der Waals surface area contributed by atoms with Gasteiger partial charge in [0.05, 0.1) is 6.20 Å². The van der Waals surface area contributed by atoms with Gasteiger partial charge in [-0.25, -0.2) is 9.37 Å². The molecule has 1 fully saturated rings. The molecule has 19 heavy (non-hydrogen) atoms. The normalized spacial score (nSPS) is 21.2. The minimum absolute atomic E-state index is 0. The van der Waals surface area contributed by atoms with Gasteiger partial charge >= 0.3 is 0 Å². The largest absolute Gasteiger partial charge is 0.327 e. The molecule has 1 saturated carbocycles. The molecule has 4 nitrogen and oxygen atoms in total. The number of amides is 1. The molecule has 0 unspecified atom stereocenters. The minimum Gasteiger partial charge on any atom is -0.327 e. The first-order chi connectivity index (χ1) is 8.15. The average Bonchev–Trinajstić information content (AvgIpc) is 2.68. The number of aromatic nitrogens is 1. The van der Waals surface area contributed by atoms with Crippen molar-refractivity contribution in [2.45, 2.75) is 31.7 Å². The summed E-state index contributed by atoms with van der Waals surface area (Å²) in [6.07, 6.45) is 4.59. The molecule has 3 N–H and O–H groups in total. The number of halogens is 3. The predicted molar refractivity (Wildman–Crippen MR) is 77.3 cm³/mol. The Morgan fingerprint density at radius 1 is 1.42 bits per heavy atom. The maximum atomic E-state index is 12.6. The number of nitrogens with zero attached hydrogens (tertiary/aromatic N) is 1. The SMILES string of the molecule is Cl.Cl.N[C@@H]1CCC[C@H]1CC(=O)Nc1ccc(F)cn1. The van der Waals surface area contributed by atoms with Crippen LogP contribution in [0.5, 0.6) is 0 Å². The molecular weight excluding hydrogens is 292 g/mol. The molecule has 7 heteroatoms. The number of rotatable bonds is 3. The van der Waals surface area contributed by atoms with Crippen LogP contribution in [0.25, 0.3) is 0 Å². The zero-order valence-electron chi connectivity index (χ0n) is 10.3. The number of nitrogens with two attached hydrogens (primary N) is 1. The smallest absolute Gasteiger partial charge is 0.225 e. The van der Waals surface area contributed by atoms with Crippen LogP contribution in [0, 0.1) is 11.7 Å². The van der Waals surface area contributed by atoms with Crippen molar-refractivity contribution in [3.63, 3.8) is 0 Å². The first-order valence-corrected chi connectivity index (χ1v) is 5.82. The molecule has 0 spiro atoms. The molecule has 2 rings (SSSR count). The summed E-state index contributed by atoms with van der Waals surface area (Å²) in [6.45, 7) is 0. The van der Waals surface area contributed by atoms with Crippen LogP contribution in [-0.4, -0.2) is 16.9 Å². The third-order valence-corrected chi connectivity index (χ3v) is 3.16. The minimum atomic E-state index is -0.416. The van der Waals surface area contributed by atoms with Crippen molar-refractivity contribution in [2.24, 2.45) is 11.7 Å². The Morgan fingerprint density at radius 2 is 2.16 bits per heavy atom. The first-order valence-electron chi connectivity index (χ1n) is 5.82. The van der Waals surface area contributed by atoms with E-state index in [1.54, 1.807) is 0 Å². The summed E-state index contributed by atoms with van der Waals surface area (Å²) in [6, 6.07) is 2.84. The highest BCUT2D eigenvalue weighted by Gasteiger charge is 2.26. The molecule has 1 aliphatic rings. The van der Waals surface area contributed by atoms with Gasteiger partial charge in [0.15, 0.2) is 0 Å². The third-order valence-electron chi connectivity index (χ3n) is 3.16. The fourth-order valence-electron chi connectivity index (χ4n) is 2.20. The van der Waals surface area contributed by atoms with Crippen molar-refractivity contribution in [2.75, 3.05) is 5.32 Å². The number of anilines is 1. The van der Waals surface area contributed by atoms with Crippen molar-refractivity contribution < 1.29 is 9.18 Å². The van der Waals surface area contributed by atoms with Gasteiger partial charge in [0.2, 0.25) is 5.91 Å². The average molecular weight is 310 g/mol. The number of hydrogen-bond donors (Lipinski definition) is 2. The Balaban J connectivity index is 0.00000162. The van der Waals surface area contributed by atoms with Crippen molar-refractivity contribution in [1.29, 1.82) is 0 Å². The third kappa shape index (κ3) is 5.30. The van der Waals surface area contributed by atoms with Crippen LogP contribution >= 0.6 is 24.8 Å². The molecule has 2 atom stereocenters. The van der Waals surface area contributed by atoms with E-state index in [2.05, 4.69) is 10.3 Å². The van der Waals surface area contributed by atoms with Gasteiger partial charge in [-0.15, -0.1) is 24.8 Å². The van der Waals surface area contributed by atoms with Gasteiger partial charge in [-0.05, 0) is 30.9 Å². The summed E-state index contributed by atoms with van der Waals surface area (Å²) in [5, 5.41) is 2.64. The summed E-state index contributed by atoms with van der Waals surface area (Å²) in [5.41, 5.74) is 5.90. The lowest BCUT2D eigenvalue weighted by Crippen LogP contribution is -2.28. The maximum Gasteiger partial charge on any atom is 0.225 e. The number of nitrogens with one attached hydrogen (secondary N) is 1. The molecule has 0 aromatic carbocycles. The van der Waals surface area contributed by atoms with E-state index in [1.807, 2.05) is 0 Å². The van der Waals surface area contributed by atoms with Crippen LogP contribution in [0.2, 0.25) is 0 Å². The lowest BCUT2D eigenvalue weighted by Gasteiger charge is -2.14. The topological polar surface area (TPSA) is 68.0 Å². The number of carbonyl (C=O) groups excluding carboxylic acids is 1. The van der Waals surface area contributed by atoms with Crippen LogP contribution < -0.4 is 11.1 Å². The molecule has 0 bridgehead atoms. The fourth-order valence-corrected chi connectivity index (χ4v) is 2.20. The van der Waals surface area contributed by atoms with E-state index < -0.39 is 5.82 Å². The Morgan fingerprint density at radius 3 is 2.68 bits per heavy atom. The molecule has 1 aromatic rings. The maximum absolute atomic E-state index is 12.6. The number of hydrogen-bond acceptors (Lipinski definition) is 3. The summed E-state index contributed by atoms with van der Waals surface area (Å²) < 4.78 is 12.6. The summed E-state index contributed by atoms with van der Waals surface area (Å²) >= 11 is 0. The van der Waals surface area contributed by atoms with Crippen LogP contribution in [0.15, 0.2) is 18.3 Å². The van der Waals surface area contributed by atoms with E-state index in [0.717, 1.165) is 25.5 Å². The monoisotopic (exact) mass is 309 g/mol. The highest BCUT2D eigenvalue weighted by Crippen LogP contribution is 2.26. The van der Waals surface area contributed by atoms with Gasteiger partial charge in [-0.1, -0.05) is 6.42 Å². The van der Waals surface area contributed by atoms with Gasteiger partial charge in [0.1, 0.15) is 11.6 Å². The van der Waals surface area contributed by atoms with Gasteiger partial charge in [0.25, 0.3) is 0 Å². The van der Waals surface area contributed by atoms with E-state index in [9.17, 15) is 9.18 Å². The van der Waals surface area contributed by atoms with E-state index in [0.29, 0.717) is 12.2 Å². The zero-order valence-corrected chi connectivity index (χ0v) is 12.0. The fraction of sp³-hybridized carbons (Fsp3) is 0.500. The Kier molecular flexibility index (Phi) is 7.90. The molecule has 1 amide bonds. The summed E-state index contributed by atoms with van der Waals surface area (Å²) in [5.74, 6) is 0.116. The second-order valence-corrected chi connectivity index (χ2v) is 4.47. The Hall–Kier alpha value is -0.910. The van der Waals surface area contributed by atoms with E-state index in [1.165, 1.54) is 12.1 Å². The van der Waals surface area contributed by atoms with Crippen molar-refractivity contribution >= 4 is 36.5 Å². The zero-order chi connectivity index (χ0) is 12.3. The second-order valence-electron chi connectivity index (χ2n) is 4.47. The molecule has 1 aromatic heterocycles. The highest BCUT2D eigenvalue weighted by atomic mass is 35.5. The van der Waals surface area contributed by atoms with Crippen LogP contribution in [0.4, 0.5) is 10.2 Å².